The topological polar surface area (TPSA) is 157 Å². The molecule has 11 nitrogen and oxygen atoms in total. The zero-order valence-electron chi connectivity index (χ0n) is 19.7. The first-order valence-electron chi connectivity index (χ1n) is 11.1. The molecule has 2 aromatic heterocycles. The largest absolute Gasteiger partial charge is 0.497 e. The van der Waals surface area contributed by atoms with E-state index in [4.69, 9.17) is 20.6 Å². The van der Waals surface area contributed by atoms with E-state index in [1.165, 1.54) is 31.6 Å². The van der Waals surface area contributed by atoms with E-state index in [1.807, 2.05) is 6.92 Å². The summed E-state index contributed by atoms with van der Waals surface area (Å²) in [4.78, 5) is 23.5. The Hall–Kier alpha value is -4.74. The summed E-state index contributed by atoms with van der Waals surface area (Å²) in [7, 11) is 1.47. The molecule has 12 heteroatoms. The molecule has 0 saturated carbocycles. The summed E-state index contributed by atoms with van der Waals surface area (Å²) in [5.41, 5.74) is 6.18. The van der Waals surface area contributed by atoms with Crippen molar-refractivity contribution in [2.75, 3.05) is 19.0 Å². The molecule has 2 aromatic carbocycles. The normalized spacial score (nSPS) is 11.6. The lowest BCUT2D eigenvalue weighted by molar-refractivity contribution is 0.297. The second-order valence-electron chi connectivity index (χ2n) is 7.72. The van der Waals surface area contributed by atoms with Crippen LogP contribution >= 0.6 is 0 Å². The first-order chi connectivity index (χ1) is 17.4. The van der Waals surface area contributed by atoms with Crippen LogP contribution in [0.1, 0.15) is 36.3 Å². The van der Waals surface area contributed by atoms with Crippen LogP contribution in [0.25, 0.3) is 5.95 Å². The molecule has 0 bridgehead atoms. The first-order valence-corrected chi connectivity index (χ1v) is 11.1. The number of halogens is 1. The van der Waals surface area contributed by atoms with Gasteiger partial charge in [-0.05, 0) is 42.8 Å². The summed E-state index contributed by atoms with van der Waals surface area (Å²) in [6, 6.07) is 10.3. The Morgan fingerprint density at radius 3 is 2.61 bits per heavy atom. The number of nitrogens with one attached hydrogen (secondary N) is 3. The highest BCUT2D eigenvalue weighted by molar-refractivity contribution is 5.95. The number of ether oxygens (including phenoxy) is 2. The molecule has 0 aliphatic rings. The second kappa shape index (κ2) is 10.7. The molecule has 0 radical (unpaired) electrons. The number of aromatic nitrogens is 5. The lowest BCUT2D eigenvalue weighted by Crippen LogP contribution is -2.18. The molecule has 0 saturated heterocycles. The SMILES string of the molecule is CCCOc1cc(OC)cc([C@H](Nc2ccc(C(=N)N)cc2)c2nn(-c3ncccn3)c(=O)[nH]2)c1F. The fourth-order valence-electron chi connectivity index (χ4n) is 3.45. The van der Waals surface area contributed by atoms with E-state index in [9.17, 15) is 4.79 Å². The summed E-state index contributed by atoms with van der Waals surface area (Å²) in [5.74, 6) is -0.166. The zero-order valence-corrected chi connectivity index (χ0v) is 19.7. The smallest absolute Gasteiger partial charge is 0.350 e. The van der Waals surface area contributed by atoms with Crippen molar-refractivity contribution in [3.05, 3.63) is 88.1 Å². The highest BCUT2D eigenvalue weighted by Gasteiger charge is 2.27. The van der Waals surface area contributed by atoms with Crippen molar-refractivity contribution < 1.29 is 13.9 Å². The van der Waals surface area contributed by atoms with Gasteiger partial charge in [0.2, 0.25) is 0 Å². The minimum atomic E-state index is -0.968. The van der Waals surface area contributed by atoms with Crippen molar-refractivity contribution >= 4 is 11.5 Å². The summed E-state index contributed by atoms with van der Waals surface area (Å²) < 4.78 is 27.7. The first kappa shape index (κ1) is 24.4. The van der Waals surface area contributed by atoms with Crippen LogP contribution in [0, 0.1) is 11.2 Å². The number of rotatable bonds is 10. The number of nitrogens with two attached hydrogens (primary N) is 1. The quantitative estimate of drug-likeness (QED) is 0.194. The van der Waals surface area contributed by atoms with Gasteiger partial charge in [-0.1, -0.05) is 6.92 Å². The third kappa shape index (κ3) is 5.17. The van der Waals surface area contributed by atoms with Crippen LogP contribution in [0.3, 0.4) is 0 Å². The van der Waals surface area contributed by atoms with E-state index in [1.54, 1.807) is 30.3 Å². The molecule has 0 spiro atoms. The van der Waals surface area contributed by atoms with Gasteiger partial charge in [0.15, 0.2) is 17.4 Å². The zero-order chi connectivity index (χ0) is 25.7. The number of aromatic amines is 1. The Labute approximate surface area is 205 Å². The monoisotopic (exact) mass is 492 g/mol. The van der Waals surface area contributed by atoms with Crippen LogP contribution < -0.4 is 26.2 Å². The molecule has 0 aliphatic heterocycles. The van der Waals surface area contributed by atoms with Crippen LogP contribution in [0.4, 0.5) is 10.1 Å². The molecule has 0 aliphatic carbocycles. The molecular formula is C24H25FN8O3. The van der Waals surface area contributed by atoms with Gasteiger partial charge in [0.25, 0.3) is 5.95 Å². The highest BCUT2D eigenvalue weighted by atomic mass is 19.1. The molecule has 1 atom stereocenters. The molecular weight excluding hydrogens is 467 g/mol. The average Bonchev–Trinajstić information content (AvgIpc) is 3.28. The lowest BCUT2D eigenvalue weighted by atomic mass is 10.0. The number of H-pyrrole nitrogens is 1. The molecule has 5 N–H and O–H groups in total. The fourth-order valence-corrected chi connectivity index (χ4v) is 3.45. The summed E-state index contributed by atoms with van der Waals surface area (Å²) in [6.45, 7) is 2.22. The van der Waals surface area contributed by atoms with Crippen molar-refractivity contribution in [3.8, 4) is 17.4 Å². The minimum Gasteiger partial charge on any atom is -0.497 e. The van der Waals surface area contributed by atoms with Crippen molar-refractivity contribution in [2.24, 2.45) is 5.73 Å². The van der Waals surface area contributed by atoms with E-state index in [0.717, 1.165) is 4.68 Å². The molecule has 4 rings (SSSR count). The molecule has 0 unspecified atom stereocenters. The molecule has 0 fully saturated rings. The number of amidine groups is 1. The minimum absolute atomic E-state index is 0.0121. The van der Waals surface area contributed by atoms with Gasteiger partial charge >= 0.3 is 5.69 Å². The summed E-state index contributed by atoms with van der Waals surface area (Å²) in [5, 5.41) is 15.1. The molecule has 0 amide bonds. The van der Waals surface area contributed by atoms with Crippen molar-refractivity contribution in [1.82, 2.24) is 24.7 Å². The van der Waals surface area contributed by atoms with Gasteiger partial charge in [0.1, 0.15) is 17.6 Å². The van der Waals surface area contributed by atoms with Crippen molar-refractivity contribution in [1.29, 1.82) is 5.41 Å². The average molecular weight is 493 g/mol. The molecule has 186 valence electrons. The number of benzene rings is 2. The third-order valence-corrected chi connectivity index (χ3v) is 5.21. The van der Waals surface area contributed by atoms with Gasteiger partial charge in [-0.3, -0.25) is 10.4 Å². The second-order valence-corrected chi connectivity index (χ2v) is 7.72. The van der Waals surface area contributed by atoms with Crippen LogP contribution in [0.2, 0.25) is 0 Å². The Bertz CT molecular complexity index is 1400. The summed E-state index contributed by atoms with van der Waals surface area (Å²) >= 11 is 0. The standard InChI is InChI=1S/C24H25FN8O3/c1-3-11-36-18-13-16(35-2)12-17(19(18)25)20(30-15-7-5-14(6-8-15)21(26)27)22-31-24(34)33(32-22)23-28-9-4-10-29-23/h4-10,12-13,20,30H,3,11H2,1-2H3,(H3,26,27)(H,31,32,34)/t20-/m0/s1. The van der Waals surface area contributed by atoms with E-state index in [-0.39, 0.29) is 28.9 Å². The maximum Gasteiger partial charge on any atom is 0.350 e. The Morgan fingerprint density at radius 1 is 1.25 bits per heavy atom. The number of nitrogen functional groups attached to an aromatic ring is 1. The third-order valence-electron chi connectivity index (χ3n) is 5.21. The molecule has 4 aromatic rings. The van der Waals surface area contributed by atoms with Crippen LogP contribution in [-0.2, 0) is 0 Å². The van der Waals surface area contributed by atoms with Crippen LogP contribution in [0.15, 0.2) is 59.7 Å². The van der Waals surface area contributed by atoms with E-state index in [0.29, 0.717) is 30.0 Å². The van der Waals surface area contributed by atoms with Crippen molar-refractivity contribution in [2.45, 2.75) is 19.4 Å². The number of hydrogen-bond acceptors (Lipinski definition) is 8. The van der Waals surface area contributed by atoms with Gasteiger partial charge in [-0.25, -0.2) is 19.2 Å². The number of hydrogen-bond donors (Lipinski definition) is 4. The van der Waals surface area contributed by atoms with E-state index < -0.39 is 17.5 Å². The summed E-state index contributed by atoms with van der Waals surface area (Å²) in [6.07, 6.45) is 3.65. The van der Waals surface area contributed by atoms with Crippen LogP contribution in [-0.4, -0.2) is 44.3 Å². The van der Waals surface area contributed by atoms with Gasteiger partial charge in [0.05, 0.1) is 13.7 Å². The maximum absolute atomic E-state index is 15.7. The van der Waals surface area contributed by atoms with E-state index in [2.05, 4.69) is 25.4 Å². The molecule has 36 heavy (non-hydrogen) atoms. The number of nitrogens with zero attached hydrogens (tertiary/aromatic N) is 4. The number of anilines is 1. The Kier molecular flexibility index (Phi) is 7.23. The van der Waals surface area contributed by atoms with Gasteiger partial charge in [-0.2, -0.15) is 0 Å². The van der Waals surface area contributed by atoms with Crippen LogP contribution in [0.5, 0.6) is 11.5 Å². The van der Waals surface area contributed by atoms with Crippen molar-refractivity contribution in [3.63, 3.8) is 0 Å². The van der Waals surface area contributed by atoms with Gasteiger partial charge < -0.3 is 20.5 Å². The Balaban J connectivity index is 1.84. The fraction of sp³-hybridized carbons (Fsp3) is 0.208. The van der Waals surface area contributed by atoms with Gasteiger partial charge in [-0.15, -0.1) is 9.78 Å². The lowest BCUT2D eigenvalue weighted by Gasteiger charge is -2.21. The molecule has 2 heterocycles. The highest BCUT2D eigenvalue weighted by Crippen LogP contribution is 2.35. The predicted octanol–water partition coefficient (Wildman–Crippen LogP) is 2.77. The van der Waals surface area contributed by atoms with E-state index >= 15 is 4.39 Å². The number of methoxy groups -OCH3 is 1. The predicted molar refractivity (Wildman–Crippen MR) is 131 cm³/mol. The van der Waals surface area contributed by atoms with Gasteiger partial charge in [0, 0.05) is 35.3 Å². The maximum atomic E-state index is 15.7. The Morgan fingerprint density at radius 2 is 1.97 bits per heavy atom.